The third kappa shape index (κ3) is 3.21. The molecule has 3 nitrogen and oxygen atoms in total. The first-order chi connectivity index (χ1) is 8.76. The summed E-state index contributed by atoms with van der Waals surface area (Å²) >= 11 is 2.02. The topological polar surface area (TPSA) is 46.3 Å². The summed E-state index contributed by atoms with van der Waals surface area (Å²) in [5, 5.41) is 0.641. The number of rotatable bonds is 3. The molecular formula is C14H26N2OS. The van der Waals surface area contributed by atoms with Crippen LogP contribution in [0.3, 0.4) is 0 Å². The summed E-state index contributed by atoms with van der Waals surface area (Å²) in [6, 6.07) is 0. The Labute approximate surface area is 115 Å². The third-order valence-electron chi connectivity index (χ3n) is 4.43. The molecule has 1 aliphatic carbocycles. The van der Waals surface area contributed by atoms with Gasteiger partial charge in [-0.1, -0.05) is 19.8 Å². The van der Waals surface area contributed by atoms with E-state index in [2.05, 4.69) is 11.8 Å². The molecule has 2 N–H and O–H groups in total. The number of hydrogen-bond acceptors (Lipinski definition) is 3. The molecule has 2 rings (SSSR count). The highest BCUT2D eigenvalue weighted by atomic mass is 32.2. The highest BCUT2D eigenvalue weighted by Gasteiger charge is 2.34. The maximum atomic E-state index is 12.6. The van der Waals surface area contributed by atoms with Gasteiger partial charge in [0.25, 0.3) is 0 Å². The Morgan fingerprint density at radius 2 is 2.17 bits per heavy atom. The van der Waals surface area contributed by atoms with Crippen LogP contribution in [0.25, 0.3) is 0 Å². The minimum absolute atomic E-state index is 0.212. The van der Waals surface area contributed by atoms with Crippen molar-refractivity contribution in [1.29, 1.82) is 0 Å². The van der Waals surface area contributed by atoms with Crippen LogP contribution in [0, 0.1) is 11.8 Å². The fourth-order valence-electron chi connectivity index (χ4n) is 3.22. The van der Waals surface area contributed by atoms with E-state index in [9.17, 15) is 4.79 Å². The van der Waals surface area contributed by atoms with Gasteiger partial charge in [0.05, 0.1) is 0 Å². The Bertz CT molecular complexity index is 285. The quantitative estimate of drug-likeness (QED) is 0.854. The van der Waals surface area contributed by atoms with Gasteiger partial charge >= 0.3 is 0 Å². The van der Waals surface area contributed by atoms with E-state index >= 15 is 0 Å². The van der Waals surface area contributed by atoms with Gasteiger partial charge in [-0.15, -0.1) is 0 Å². The maximum absolute atomic E-state index is 12.6. The van der Waals surface area contributed by atoms with E-state index in [1.165, 1.54) is 19.3 Å². The first-order valence-electron chi connectivity index (χ1n) is 7.36. The molecule has 0 aromatic carbocycles. The number of nitrogens with two attached hydrogens (primary N) is 1. The van der Waals surface area contributed by atoms with Crippen molar-refractivity contribution in [3.05, 3.63) is 0 Å². The average molecular weight is 270 g/mol. The summed E-state index contributed by atoms with van der Waals surface area (Å²) in [5.74, 6) is 2.14. The van der Waals surface area contributed by atoms with Crippen LogP contribution in [0.4, 0.5) is 0 Å². The number of hydrogen-bond donors (Lipinski definition) is 1. The molecule has 2 fully saturated rings. The molecule has 1 heterocycles. The van der Waals surface area contributed by atoms with Crippen LogP contribution < -0.4 is 5.73 Å². The van der Waals surface area contributed by atoms with E-state index in [1.807, 2.05) is 11.8 Å². The zero-order chi connectivity index (χ0) is 13.0. The van der Waals surface area contributed by atoms with Crippen LogP contribution in [0.15, 0.2) is 0 Å². The molecule has 3 unspecified atom stereocenters. The molecule has 0 bridgehead atoms. The molecule has 1 aliphatic heterocycles. The van der Waals surface area contributed by atoms with Gasteiger partial charge in [-0.05, 0) is 31.7 Å². The SMILES string of the molecule is CCC1CN(C(=O)C2CCCCC2CN)CCS1. The minimum Gasteiger partial charge on any atom is -0.341 e. The van der Waals surface area contributed by atoms with Gasteiger partial charge in [-0.25, -0.2) is 0 Å². The molecule has 18 heavy (non-hydrogen) atoms. The Balaban J connectivity index is 1.96. The van der Waals surface area contributed by atoms with Gasteiger partial charge in [0.15, 0.2) is 0 Å². The number of carbonyl (C=O) groups is 1. The molecule has 4 heteroatoms. The number of thioether (sulfide) groups is 1. The Hall–Kier alpha value is -0.220. The van der Waals surface area contributed by atoms with Crippen LogP contribution in [0.1, 0.15) is 39.0 Å². The van der Waals surface area contributed by atoms with E-state index in [0.717, 1.165) is 31.7 Å². The van der Waals surface area contributed by atoms with Crippen molar-refractivity contribution in [3.63, 3.8) is 0 Å². The number of nitrogens with zero attached hydrogens (tertiary/aromatic N) is 1. The van der Waals surface area contributed by atoms with Crippen molar-refractivity contribution in [1.82, 2.24) is 4.90 Å². The summed E-state index contributed by atoms with van der Waals surface area (Å²) in [4.78, 5) is 14.8. The van der Waals surface area contributed by atoms with E-state index in [1.54, 1.807) is 0 Å². The predicted molar refractivity (Wildman–Crippen MR) is 77.6 cm³/mol. The normalized spacial score (nSPS) is 33.4. The summed E-state index contributed by atoms with van der Waals surface area (Å²) in [6.07, 6.45) is 5.82. The number of amides is 1. The van der Waals surface area contributed by atoms with Gasteiger partial charge in [-0.3, -0.25) is 4.79 Å². The first kappa shape index (κ1) is 14.2. The minimum atomic E-state index is 0.212. The van der Waals surface area contributed by atoms with Crippen LogP contribution >= 0.6 is 11.8 Å². The molecule has 1 saturated carbocycles. The van der Waals surface area contributed by atoms with Gasteiger partial charge < -0.3 is 10.6 Å². The molecule has 1 amide bonds. The van der Waals surface area contributed by atoms with Crippen LogP contribution in [0.5, 0.6) is 0 Å². The average Bonchev–Trinajstić information content (AvgIpc) is 2.46. The Kier molecular flexibility index (Phi) is 5.37. The second kappa shape index (κ2) is 6.80. The van der Waals surface area contributed by atoms with Crippen molar-refractivity contribution < 1.29 is 4.79 Å². The monoisotopic (exact) mass is 270 g/mol. The number of carbonyl (C=O) groups excluding carboxylic acids is 1. The zero-order valence-electron chi connectivity index (χ0n) is 11.4. The van der Waals surface area contributed by atoms with Crippen molar-refractivity contribution in [2.45, 2.75) is 44.3 Å². The second-order valence-corrected chi connectivity index (χ2v) is 6.98. The van der Waals surface area contributed by atoms with Crippen molar-refractivity contribution >= 4 is 17.7 Å². The molecule has 0 spiro atoms. The van der Waals surface area contributed by atoms with Gasteiger partial charge in [0.2, 0.25) is 5.91 Å². The molecule has 0 radical (unpaired) electrons. The maximum Gasteiger partial charge on any atom is 0.226 e. The van der Waals surface area contributed by atoms with Gasteiger partial charge in [0, 0.05) is 30.0 Å². The molecule has 0 aromatic rings. The van der Waals surface area contributed by atoms with Gasteiger partial charge in [0.1, 0.15) is 0 Å². The van der Waals surface area contributed by atoms with Crippen molar-refractivity contribution in [2.24, 2.45) is 17.6 Å². The lowest BCUT2D eigenvalue weighted by Gasteiger charge is -2.38. The van der Waals surface area contributed by atoms with Crippen LogP contribution in [-0.4, -0.2) is 41.4 Å². The summed E-state index contributed by atoms with van der Waals surface area (Å²) in [5.41, 5.74) is 5.84. The fraction of sp³-hybridized carbons (Fsp3) is 0.929. The lowest BCUT2D eigenvalue weighted by Crippen LogP contribution is -2.47. The molecular weight excluding hydrogens is 244 g/mol. The van der Waals surface area contributed by atoms with Crippen LogP contribution in [0.2, 0.25) is 0 Å². The summed E-state index contributed by atoms with van der Waals surface area (Å²) in [7, 11) is 0. The van der Waals surface area contributed by atoms with Crippen molar-refractivity contribution in [2.75, 3.05) is 25.4 Å². The van der Waals surface area contributed by atoms with Crippen molar-refractivity contribution in [3.8, 4) is 0 Å². The molecule has 2 aliphatic rings. The fourth-order valence-corrected chi connectivity index (χ4v) is 4.40. The molecule has 3 atom stereocenters. The molecule has 0 aromatic heterocycles. The van der Waals surface area contributed by atoms with E-state index in [-0.39, 0.29) is 5.92 Å². The van der Waals surface area contributed by atoms with E-state index in [4.69, 9.17) is 5.73 Å². The Morgan fingerprint density at radius 3 is 2.89 bits per heavy atom. The first-order valence-corrected chi connectivity index (χ1v) is 8.41. The standard InChI is InChI=1S/C14H26N2OS/c1-2-12-10-16(7-8-18-12)14(17)13-6-4-3-5-11(13)9-15/h11-13H,2-10,15H2,1H3. The van der Waals surface area contributed by atoms with E-state index in [0.29, 0.717) is 23.6 Å². The Morgan fingerprint density at radius 1 is 1.39 bits per heavy atom. The lowest BCUT2D eigenvalue weighted by molar-refractivity contribution is -0.138. The smallest absolute Gasteiger partial charge is 0.226 e. The predicted octanol–water partition coefficient (Wildman–Crippen LogP) is 2.11. The molecule has 1 saturated heterocycles. The largest absolute Gasteiger partial charge is 0.341 e. The zero-order valence-corrected chi connectivity index (χ0v) is 12.3. The lowest BCUT2D eigenvalue weighted by atomic mass is 9.78. The van der Waals surface area contributed by atoms with Crippen LogP contribution in [-0.2, 0) is 4.79 Å². The summed E-state index contributed by atoms with van der Waals surface area (Å²) < 4.78 is 0. The third-order valence-corrected chi connectivity index (χ3v) is 5.81. The highest BCUT2D eigenvalue weighted by Crippen LogP contribution is 2.32. The van der Waals surface area contributed by atoms with Gasteiger partial charge in [-0.2, -0.15) is 11.8 Å². The molecule has 104 valence electrons. The second-order valence-electron chi connectivity index (χ2n) is 5.57. The van der Waals surface area contributed by atoms with E-state index < -0.39 is 0 Å². The highest BCUT2D eigenvalue weighted by molar-refractivity contribution is 8.00. The summed E-state index contributed by atoms with van der Waals surface area (Å²) in [6.45, 7) is 4.78.